The Bertz CT molecular complexity index is 2260. The second kappa shape index (κ2) is 15.8. The number of hydrogen-bond acceptors (Lipinski definition) is 10. The van der Waals surface area contributed by atoms with Gasteiger partial charge < -0.3 is 10.2 Å². The lowest BCUT2D eigenvalue weighted by Crippen LogP contribution is -2.46. The van der Waals surface area contributed by atoms with E-state index < -0.39 is 41.3 Å². The van der Waals surface area contributed by atoms with Crippen LogP contribution in [0.15, 0.2) is 137 Å². The maximum absolute atomic E-state index is 13.1. The van der Waals surface area contributed by atoms with E-state index in [-0.39, 0.29) is 28.4 Å². The molecule has 0 aromatic heterocycles. The highest BCUT2D eigenvalue weighted by molar-refractivity contribution is 7.91. The first-order valence-corrected chi connectivity index (χ1v) is 19.7. The summed E-state index contributed by atoms with van der Waals surface area (Å²) in [5, 5.41) is 14.5. The molecule has 12 nitrogen and oxygen atoms in total. The van der Waals surface area contributed by atoms with Crippen LogP contribution in [0, 0.1) is 10.1 Å². The SMILES string of the molecule is O=C(NS(=O)(=O)c1ccc(NCCS(=O)(=O)c2ccccc2)c([N+](=O)[O-])c1)c1ccc(N2CCN(Cc3ccccc3-c3ccccc3)CC2)cc1. The highest BCUT2D eigenvalue weighted by Gasteiger charge is 2.25. The van der Waals surface area contributed by atoms with Gasteiger partial charge in [-0.15, -0.1) is 0 Å². The number of amides is 1. The molecule has 0 atom stereocenters. The molecule has 52 heavy (non-hydrogen) atoms. The summed E-state index contributed by atoms with van der Waals surface area (Å²) >= 11 is 0. The van der Waals surface area contributed by atoms with E-state index in [1.54, 1.807) is 42.5 Å². The van der Waals surface area contributed by atoms with E-state index in [1.807, 2.05) is 22.9 Å². The van der Waals surface area contributed by atoms with Crippen molar-refractivity contribution in [2.45, 2.75) is 16.3 Å². The predicted molar refractivity (Wildman–Crippen MR) is 201 cm³/mol. The number of carbonyl (C=O) groups excluding carboxylic acids is 1. The van der Waals surface area contributed by atoms with Crippen molar-refractivity contribution in [2.75, 3.05) is 48.7 Å². The molecule has 0 radical (unpaired) electrons. The van der Waals surface area contributed by atoms with E-state index in [4.69, 9.17) is 0 Å². The van der Waals surface area contributed by atoms with Gasteiger partial charge in [-0.05, 0) is 65.2 Å². The molecule has 5 aromatic rings. The number of rotatable bonds is 13. The van der Waals surface area contributed by atoms with Crippen LogP contribution >= 0.6 is 0 Å². The zero-order valence-electron chi connectivity index (χ0n) is 28.1. The fourth-order valence-corrected chi connectivity index (χ4v) is 8.24. The molecular formula is C38H37N5O7S2. The van der Waals surface area contributed by atoms with Crippen molar-refractivity contribution < 1.29 is 26.6 Å². The average Bonchev–Trinajstić information content (AvgIpc) is 3.16. The van der Waals surface area contributed by atoms with E-state index >= 15 is 0 Å². The van der Waals surface area contributed by atoms with Gasteiger partial charge in [-0.25, -0.2) is 21.6 Å². The van der Waals surface area contributed by atoms with Gasteiger partial charge in [-0.1, -0.05) is 72.8 Å². The molecule has 1 fully saturated rings. The minimum atomic E-state index is -4.49. The first kappa shape index (κ1) is 36.2. The fourth-order valence-electron chi connectivity index (χ4n) is 6.07. The Morgan fingerprint density at radius 1 is 0.731 bits per heavy atom. The summed E-state index contributed by atoms with van der Waals surface area (Å²) in [6.07, 6.45) is 0. The molecule has 0 spiro atoms. The van der Waals surface area contributed by atoms with Gasteiger partial charge in [0.1, 0.15) is 5.69 Å². The first-order chi connectivity index (χ1) is 25.0. The van der Waals surface area contributed by atoms with Crippen molar-refractivity contribution in [1.29, 1.82) is 0 Å². The largest absolute Gasteiger partial charge is 0.378 e. The van der Waals surface area contributed by atoms with Crippen LogP contribution in [0.4, 0.5) is 17.1 Å². The van der Waals surface area contributed by atoms with E-state index in [0.717, 1.165) is 50.5 Å². The molecule has 1 saturated heterocycles. The molecule has 1 aliphatic heterocycles. The van der Waals surface area contributed by atoms with Crippen molar-refractivity contribution in [2.24, 2.45) is 0 Å². The molecule has 14 heteroatoms. The van der Waals surface area contributed by atoms with Crippen molar-refractivity contribution >= 4 is 42.8 Å². The summed E-state index contributed by atoms with van der Waals surface area (Å²) in [4.78, 5) is 28.3. The second-order valence-electron chi connectivity index (χ2n) is 12.3. The Balaban J connectivity index is 1.04. The van der Waals surface area contributed by atoms with E-state index in [9.17, 15) is 31.7 Å². The van der Waals surface area contributed by atoms with E-state index in [1.165, 1.54) is 34.9 Å². The molecule has 1 amide bonds. The number of hydrogen-bond donors (Lipinski definition) is 2. The quantitative estimate of drug-likeness (QED) is 0.115. The Kier molecular flexibility index (Phi) is 11.0. The van der Waals surface area contributed by atoms with Crippen molar-refractivity contribution in [1.82, 2.24) is 9.62 Å². The lowest BCUT2D eigenvalue weighted by molar-refractivity contribution is -0.384. The number of nitrogens with one attached hydrogen (secondary N) is 2. The minimum Gasteiger partial charge on any atom is -0.378 e. The zero-order valence-corrected chi connectivity index (χ0v) is 29.7. The van der Waals surface area contributed by atoms with Gasteiger partial charge >= 0.3 is 0 Å². The van der Waals surface area contributed by atoms with Crippen LogP contribution in [0.3, 0.4) is 0 Å². The van der Waals surface area contributed by atoms with Crippen LogP contribution < -0.4 is 14.9 Å². The third kappa shape index (κ3) is 8.65. The Hall–Kier alpha value is -5.57. The molecule has 6 rings (SSSR count). The number of carbonyl (C=O) groups is 1. The third-order valence-electron chi connectivity index (χ3n) is 8.85. The highest BCUT2D eigenvalue weighted by atomic mass is 32.2. The maximum atomic E-state index is 13.1. The van der Waals surface area contributed by atoms with Gasteiger partial charge in [0.05, 0.1) is 20.5 Å². The second-order valence-corrected chi connectivity index (χ2v) is 16.1. The summed E-state index contributed by atoms with van der Waals surface area (Å²) in [5.41, 5.74) is 4.03. The summed E-state index contributed by atoms with van der Waals surface area (Å²) in [6, 6.07) is 36.3. The predicted octanol–water partition coefficient (Wildman–Crippen LogP) is 5.59. The monoisotopic (exact) mass is 739 g/mol. The molecule has 0 bridgehead atoms. The molecule has 1 heterocycles. The molecule has 1 aliphatic rings. The van der Waals surface area contributed by atoms with Crippen molar-refractivity contribution in [3.05, 3.63) is 149 Å². The Labute approximate surface area is 302 Å². The number of sulfonamides is 1. The third-order valence-corrected chi connectivity index (χ3v) is 11.9. The maximum Gasteiger partial charge on any atom is 0.293 e. The number of nitro benzene ring substituents is 1. The number of sulfone groups is 1. The summed E-state index contributed by atoms with van der Waals surface area (Å²) in [5.74, 6) is -1.23. The van der Waals surface area contributed by atoms with E-state index in [2.05, 4.69) is 51.5 Å². The van der Waals surface area contributed by atoms with Crippen molar-refractivity contribution in [3.8, 4) is 11.1 Å². The first-order valence-electron chi connectivity index (χ1n) is 16.6. The number of nitrogens with zero attached hydrogens (tertiary/aromatic N) is 3. The van der Waals surface area contributed by atoms with Crippen LogP contribution in [0.2, 0.25) is 0 Å². The van der Waals surface area contributed by atoms with Crippen molar-refractivity contribution in [3.63, 3.8) is 0 Å². The molecule has 5 aromatic carbocycles. The van der Waals surface area contributed by atoms with Gasteiger partial charge in [0.2, 0.25) is 0 Å². The molecule has 0 unspecified atom stereocenters. The van der Waals surface area contributed by atoms with Crippen LogP contribution in [-0.2, 0) is 26.4 Å². The van der Waals surface area contributed by atoms with Gasteiger partial charge in [-0.3, -0.25) is 19.8 Å². The fraction of sp³-hybridized carbons (Fsp3) is 0.184. The highest BCUT2D eigenvalue weighted by Crippen LogP contribution is 2.29. The standard InChI is InChI=1S/C38H37N5O7S2/c44-38(40-52(49,50)34-19-20-36(37(27-34)43(45)46)39-21-26-51(47,48)33-12-5-2-6-13-33)30-15-17-32(18-16-30)42-24-22-41(23-25-42)28-31-11-7-8-14-35(31)29-9-3-1-4-10-29/h1-20,27,39H,21-26,28H2,(H,40,44). The topological polar surface area (TPSA) is 159 Å². The Morgan fingerprint density at radius 2 is 1.37 bits per heavy atom. The number of piperazine rings is 1. The smallest absolute Gasteiger partial charge is 0.293 e. The Morgan fingerprint density at radius 3 is 2.04 bits per heavy atom. The van der Waals surface area contributed by atoms with Crippen LogP contribution in [0.1, 0.15) is 15.9 Å². The summed E-state index contributed by atoms with van der Waals surface area (Å²) in [7, 11) is -8.13. The zero-order chi connectivity index (χ0) is 36.7. The lowest BCUT2D eigenvalue weighted by Gasteiger charge is -2.36. The van der Waals surface area contributed by atoms with Gasteiger partial charge in [-0.2, -0.15) is 0 Å². The molecule has 0 saturated carbocycles. The molecular weight excluding hydrogens is 703 g/mol. The molecule has 268 valence electrons. The molecule has 2 N–H and O–H groups in total. The summed E-state index contributed by atoms with van der Waals surface area (Å²) in [6.45, 7) is 3.91. The number of nitro groups is 1. The molecule has 0 aliphatic carbocycles. The van der Waals surface area contributed by atoms with Gasteiger partial charge in [0.25, 0.3) is 21.6 Å². The van der Waals surface area contributed by atoms with Gasteiger partial charge in [0.15, 0.2) is 9.84 Å². The van der Waals surface area contributed by atoms with Crippen LogP contribution in [-0.4, -0.2) is 71.0 Å². The summed E-state index contributed by atoms with van der Waals surface area (Å²) < 4.78 is 53.3. The van der Waals surface area contributed by atoms with E-state index in [0.29, 0.717) is 0 Å². The average molecular weight is 740 g/mol. The lowest BCUT2D eigenvalue weighted by atomic mass is 9.99. The van der Waals surface area contributed by atoms with Crippen LogP contribution in [0.25, 0.3) is 11.1 Å². The van der Waals surface area contributed by atoms with Gasteiger partial charge in [0, 0.05) is 56.6 Å². The van der Waals surface area contributed by atoms with Crippen LogP contribution in [0.5, 0.6) is 0 Å². The normalized spacial score (nSPS) is 13.7. The number of benzene rings is 5. The minimum absolute atomic E-state index is 0.0630. The number of anilines is 2.